The SMILES string of the molecule is CCCOc1ccc(/C=N\Nc2nn[nH]n2)cc1OC. The quantitative estimate of drug-likeness (QED) is 0.586. The molecule has 0 spiro atoms. The average molecular weight is 276 g/mol. The molecule has 0 atom stereocenters. The van der Waals surface area contributed by atoms with Crippen molar-refractivity contribution in [1.82, 2.24) is 20.6 Å². The highest BCUT2D eigenvalue weighted by atomic mass is 16.5. The number of aromatic amines is 1. The summed E-state index contributed by atoms with van der Waals surface area (Å²) in [6, 6.07) is 5.57. The van der Waals surface area contributed by atoms with Crippen LogP contribution in [0.4, 0.5) is 5.95 Å². The Morgan fingerprint density at radius 2 is 2.30 bits per heavy atom. The van der Waals surface area contributed by atoms with Gasteiger partial charge in [0.05, 0.1) is 19.9 Å². The van der Waals surface area contributed by atoms with Crippen LogP contribution in [0.15, 0.2) is 23.3 Å². The van der Waals surface area contributed by atoms with Crippen LogP contribution in [0.5, 0.6) is 11.5 Å². The lowest BCUT2D eigenvalue weighted by Gasteiger charge is -2.10. The maximum Gasteiger partial charge on any atom is 0.283 e. The Bertz CT molecular complexity index is 555. The van der Waals surface area contributed by atoms with Crippen LogP contribution >= 0.6 is 0 Å². The summed E-state index contributed by atoms with van der Waals surface area (Å²) in [4.78, 5) is 0. The van der Waals surface area contributed by atoms with E-state index in [-0.39, 0.29) is 0 Å². The summed E-state index contributed by atoms with van der Waals surface area (Å²) in [6.45, 7) is 2.71. The van der Waals surface area contributed by atoms with Gasteiger partial charge in [0.25, 0.3) is 5.95 Å². The van der Waals surface area contributed by atoms with E-state index < -0.39 is 0 Å². The van der Waals surface area contributed by atoms with Gasteiger partial charge in [0.15, 0.2) is 11.5 Å². The van der Waals surface area contributed by atoms with E-state index in [4.69, 9.17) is 9.47 Å². The minimum Gasteiger partial charge on any atom is -0.493 e. The zero-order valence-electron chi connectivity index (χ0n) is 11.3. The van der Waals surface area contributed by atoms with E-state index in [1.54, 1.807) is 13.3 Å². The van der Waals surface area contributed by atoms with E-state index in [1.807, 2.05) is 18.2 Å². The molecule has 8 heteroatoms. The van der Waals surface area contributed by atoms with Crippen LogP contribution in [-0.2, 0) is 0 Å². The lowest BCUT2D eigenvalue weighted by atomic mass is 10.2. The summed E-state index contributed by atoms with van der Waals surface area (Å²) in [5.41, 5.74) is 3.50. The van der Waals surface area contributed by atoms with E-state index in [1.165, 1.54) is 0 Å². The minimum atomic E-state index is 0.302. The largest absolute Gasteiger partial charge is 0.493 e. The van der Waals surface area contributed by atoms with E-state index in [9.17, 15) is 0 Å². The highest BCUT2D eigenvalue weighted by Crippen LogP contribution is 2.27. The van der Waals surface area contributed by atoms with Gasteiger partial charge in [0.2, 0.25) is 0 Å². The van der Waals surface area contributed by atoms with Crippen molar-refractivity contribution in [3.63, 3.8) is 0 Å². The van der Waals surface area contributed by atoms with Gasteiger partial charge in [-0.25, -0.2) is 5.43 Å². The van der Waals surface area contributed by atoms with E-state index in [0.29, 0.717) is 18.3 Å². The first kappa shape index (κ1) is 13.8. The fourth-order valence-corrected chi connectivity index (χ4v) is 1.47. The molecular weight excluding hydrogens is 260 g/mol. The van der Waals surface area contributed by atoms with E-state index in [2.05, 4.69) is 38.1 Å². The number of methoxy groups -OCH3 is 1. The van der Waals surface area contributed by atoms with Crippen LogP contribution < -0.4 is 14.9 Å². The summed E-state index contributed by atoms with van der Waals surface area (Å²) in [6.07, 6.45) is 2.57. The third-order valence-corrected chi connectivity index (χ3v) is 2.37. The Balaban J connectivity index is 2.03. The summed E-state index contributed by atoms with van der Waals surface area (Å²) >= 11 is 0. The van der Waals surface area contributed by atoms with Crippen LogP contribution in [0.2, 0.25) is 0 Å². The molecule has 0 bridgehead atoms. The summed E-state index contributed by atoms with van der Waals surface area (Å²) < 4.78 is 10.9. The van der Waals surface area contributed by atoms with Crippen LogP contribution in [-0.4, -0.2) is 40.6 Å². The van der Waals surface area contributed by atoms with Crippen LogP contribution in [0.1, 0.15) is 18.9 Å². The smallest absolute Gasteiger partial charge is 0.283 e. The van der Waals surface area contributed by atoms with Crippen LogP contribution in [0.3, 0.4) is 0 Å². The van der Waals surface area contributed by atoms with Gasteiger partial charge in [0, 0.05) is 0 Å². The van der Waals surface area contributed by atoms with E-state index >= 15 is 0 Å². The predicted octanol–water partition coefficient (Wildman–Crippen LogP) is 1.44. The Morgan fingerprint density at radius 3 is 3.00 bits per heavy atom. The molecule has 0 unspecified atom stereocenters. The second-order valence-corrected chi connectivity index (χ2v) is 3.86. The first-order chi connectivity index (χ1) is 9.83. The van der Waals surface area contributed by atoms with Crippen molar-refractivity contribution in [2.45, 2.75) is 13.3 Å². The number of tetrazole rings is 1. The van der Waals surface area contributed by atoms with Gasteiger partial charge in [0.1, 0.15) is 0 Å². The minimum absolute atomic E-state index is 0.302. The summed E-state index contributed by atoms with van der Waals surface area (Å²) in [5, 5.41) is 17.1. The maximum atomic E-state index is 5.58. The molecule has 1 aromatic carbocycles. The molecule has 0 saturated heterocycles. The van der Waals surface area contributed by atoms with Crippen LogP contribution in [0.25, 0.3) is 0 Å². The molecule has 2 aromatic rings. The predicted molar refractivity (Wildman–Crippen MR) is 74.2 cm³/mol. The molecule has 8 nitrogen and oxygen atoms in total. The molecular formula is C12H16N6O2. The average Bonchev–Trinajstić information content (AvgIpc) is 2.99. The van der Waals surface area contributed by atoms with Crippen molar-refractivity contribution in [3.8, 4) is 11.5 Å². The number of benzene rings is 1. The normalized spacial score (nSPS) is 10.7. The number of anilines is 1. The second-order valence-electron chi connectivity index (χ2n) is 3.86. The summed E-state index contributed by atoms with van der Waals surface area (Å²) in [7, 11) is 1.60. The lowest BCUT2D eigenvalue weighted by molar-refractivity contribution is 0.294. The molecule has 1 aromatic heterocycles. The Labute approximate surface area is 116 Å². The third-order valence-electron chi connectivity index (χ3n) is 2.37. The maximum absolute atomic E-state index is 5.58. The molecule has 0 saturated carbocycles. The van der Waals surface area contributed by atoms with Crippen molar-refractivity contribution >= 4 is 12.2 Å². The van der Waals surface area contributed by atoms with Gasteiger partial charge < -0.3 is 9.47 Å². The van der Waals surface area contributed by atoms with Crippen molar-refractivity contribution in [2.75, 3.05) is 19.1 Å². The standard InChI is InChI=1S/C12H16N6O2/c1-3-6-20-10-5-4-9(7-11(10)19-2)8-13-14-12-15-17-18-16-12/h4-5,7-8H,3,6H2,1-2H3,(H2,14,15,16,17,18)/b13-8-. The number of hydrazone groups is 1. The topological polar surface area (TPSA) is 97.3 Å². The third kappa shape index (κ3) is 3.67. The molecule has 0 aliphatic heterocycles. The first-order valence-corrected chi connectivity index (χ1v) is 6.17. The number of aromatic nitrogens is 4. The van der Waals surface area contributed by atoms with Crippen molar-refractivity contribution in [2.24, 2.45) is 5.10 Å². The molecule has 0 amide bonds. The number of hydrogen-bond donors (Lipinski definition) is 2. The van der Waals surface area contributed by atoms with Crippen LogP contribution in [0, 0.1) is 0 Å². The lowest BCUT2D eigenvalue weighted by Crippen LogP contribution is -1.99. The van der Waals surface area contributed by atoms with Gasteiger partial charge in [-0.1, -0.05) is 12.0 Å². The van der Waals surface area contributed by atoms with E-state index in [0.717, 1.165) is 17.7 Å². The molecule has 1 heterocycles. The number of nitrogens with one attached hydrogen (secondary N) is 2. The highest BCUT2D eigenvalue weighted by Gasteiger charge is 2.04. The molecule has 0 radical (unpaired) electrons. The Hall–Kier alpha value is -2.64. The molecule has 106 valence electrons. The molecule has 2 rings (SSSR count). The Kier molecular flexibility index (Phi) is 4.87. The second kappa shape index (κ2) is 7.07. The highest BCUT2D eigenvalue weighted by molar-refractivity contribution is 5.81. The monoisotopic (exact) mass is 276 g/mol. The van der Waals surface area contributed by atoms with Crippen molar-refractivity contribution < 1.29 is 9.47 Å². The first-order valence-electron chi connectivity index (χ1n) is 6.17. The van der Waals surface area contributed by atoms with Gasteiger partial charge in [-0.3, -0.25) is 0 Å². The fourth-order valence-electron chi connectivity index (χ4n) is 1.47. The molecule has 0 fully saturated rings. The number of H-pyrrole nitrogens is 1. The van der Waals surface area contributed by atoms with Gasteiger partial charge in [-0.05, 0) is 35.4 Å². The zero-order valence-corrected chi connectivity index (χ0v) is 11.3. The molecule has 2 N–H and O–H groups in total. The molecule has 0 aliphatic carbocycles. The molecule has 20 heavy (non-hydrogen) atoms. The van der Waals surface area contributed by atoms with Gasteiger partial charge in [-0.2, -0.15) is 10.3 Å². The van der Waals surface area contributed by atoms with Gasteiger partial charge >= 0.3 is 0 Å². The number of hydrogen-bond acceptors (Lipinski definition) is 7. The fraction of sp³-hybridized carbons (Fsp3) is 0.333. The van der Waals surface area contributed by atoms with Crippen molar-refractivity contribution in [1.29, 1.82) is 0 Å². The number of ether oxygens (including phenoxy) is 2. The Morgan fingerprint density at radius 1 is 1.40 bits per heavy atom. The van der Waals surface area contributed by atoms with Crippen molar-refractivity contribution in [3.05, 3.63) is 23.8 Å². The van der Waals surface area contributed by atoms with Gasteiger partial charge in [-0.15, -0.1) is 5.10 Å². The number of nitrogens with zero attached hydrogens (tertiary/aromatic N) is 4. The summed E-state index contributed by atoms with van der Waals surface area (Å²) in [5.74, 6) is 1.69. The zero-order chi connectivity index (χ0) is 14.2. The number of rotatable bonds is 7. The molecule has 0 aliphatic rings.